The summed E-state index contributed by atoms with van der Waals surface area (Å²) in [6.45, 7) is 4.01. The number of benzene rings is 2. The molecule has 3 rings (SSSR count). The van der Waals surface area contributed by atoms with E-state index in [2.05, 4.69) is 0 Å². The molecule has 1 aliphatic rings. The first kappa shape index (κ1) is 33.2. The van der Waals surface area contributed by atoms with Crippen molar-refractivity contribution in [1.29, 1.82) is 0 Å². The minimum atomic E-state index is -1.12. The van der Waals surface area contributed by atoms with Crippen LogP contribution in [0.25, 0.3) is 6.08 Å². The van der Waals surface area contributed by atoms with E-state index in [1.165, 1.54) is 23.1 Å². The Bertz CT molecular complexity index is 1400. The molecule has 230 valence electrons. The van der Waals surface area contributed by atoms with E-state index in [0.29, 0.717) is 23.5 Å². The maximum absolute atomic E-state index is 13.8. The van der Waals surface area contributed by atoms with Crippen molar-refractivity contribution in [2.45, 2.75) is 26.0 Å². The zero-order valence-electron chi connectivity index (χ0n) is 25.5. The predicted octanol–water partition coefficient (Wildman–Crippen LogP) is 3.78. The molecule has 2 unspecified atom stereocenters. The molecule has 0 spiro atoms. The topological polar surface area (TPSA) is 126 Å². The van der Waals surface area contributed by atoms with Crippen molar-refractivity contribution >= 4 is 23.7 Å². The van der Waals surface area contributed by atoms with Gasteiger partial charge in [0.05, 0.1) is 22.0 Å². The van der Waals surface area contributed by atoms with Gasteiger partial charge in [0, 0.05) is 36.6 Å². The molecule has 11 heteroatoms. The molecule has 0 saturated heterocycles. The maximum Gasteiger partial charge on any atom is 0.337 e. The number of nitro benzene ring substituents is 1. The van der Waals surface area contributed by atoms with Crippen molar-refractivity contribution < 1.29 is 29.1 Å². The van der Waals surface area contributed by atoms with E-state index in [9.17, 15) is 24.8 Å². The summed E-state index contributed by atoms with van der Waals surface area (Å²) in [4.78, 5) is 43.9. The summed E-state index contributed by atoms with van der Waals surface area (Å²) in [6.07, 6.45) is 2.40. The van der Waals surface area contributed by atoms with Gasteiger partial charge in [0.25, 0.3) is 5.69 Å². The average Bonchev–Trinajstić information content (AvgIpc) is 2.94. The van der Waals surface area contributed by atoms with Crippen LogP contribution >= 0.6 is 0 Å². The monoisotopic (exact) mass is 592 g/mol. The lowest BCUT2D eigenvalue weighted by molar-refractivity contribution is -0.384. The Labute approximate surface area is 252 Å². The van der Waals surface area contributed by atoms with Crippen LogP contribution in [0.4, 0.5) is 5.69 Å². The molecule has 1 N–H and O–H groups in total. The fourth-order valence-corrected chi connectivity index (χ4v) is 4.96. The van der Waals surface area contributed by atoms with E-state index in [-0.39, 0.29) is 36.6 Å². The lowest BCUT2D eigenvalue weighted by Crippen LogP contribution is -2.44. The predicted molar refractivity (Wildman–Crippen MR) is 164 cm³/mol. The summed E-state index contributed by atoms with van der Waals surface area (Å²) < 4.78 is 11.3. The lowest BCUT2D eigenvalue weighted by atomic mass is 9.79. The zero-order chi connectivity index (χ0) is 31.7. The number of allylic oxidation sites excluding steroid dienone is 2. The SMILES string of the molecule is CC1=C(C(=O)OC/C=C/c2ccccc2)C(c2cccc([N+](=O)[O-])c2)C(C(=O)OCCN(C)C)=C(C)N1C(O)CN(C)C. The van der Waals surface area contributed by atoms with Gasteiger partial charge in [0.2, 0.25) is 0 Å². The minimum absolute atomic E-state index is 0.0578. The van der Waals surface area contributed by atoms with Crippen LogP contribution in [0.5, 0.6) is 0 Å². The molecule has 1 aliphatic heterocycles. The molecule has 43 heavy (non-hydrogen) atoms. The highest BCUT2D eigenvalue weighted by Gasteiger charge is 2.42. The molecule has 1 heterocycles. The largest absolute Gasteiger partial charge is 0.461 e. The van der Waals surface area contributed by atoms with Crippen molar-refractivity contribution in [3.05, 3.63) is 104 Å². The number of likely N-dealkylation sites (N-methyl/N-ethyl adjacent to an activating group) is 2. The van der Waals surface area contributed by atoms with Crippen LogP contribution in [0, 0.1) is 10.1 Å². The highest BCUT2D eigenvalue weighted by molar-refractivity contribution is 6.00. The number of nitro groups is 1. The first-order valence-electron chi connectivity index (χ1n) is 13.9. The molecule has 0 aromatic heterocycles. The Morgan fingerprint density at radius 2 is 1.60 bits per heavy atom. The van der Waals surface area contributed by atoms with Gasteiger partial charge in [-0.3, -0.25) is 10.1 Å². The van der Waals surface area contributed by atoms with Crippen LogP contribution in [0.2, 0.25) is 0 Å². The number of non-ortho nitro benzene ring substituents is 1. The summed E-state index contributed by atoms with van der Waals surface area (Å²) in [5, 5.41) is 22.9. The lowest BCUT2D eigenvalue weighted by Gasteiger charge is -2.40. The van der Waals surface area contributed by atoms with Crippen LogP contribution in [-0.2, 0) is 19.1 Å². The first-order valence-corrected chi connectivity index (χ1v) is 13.9. The number of carbonyl (C=O) groups excluding carboxylic acids is 2. The molecule has 0 bridgehead atoms. The van der Waals surface area contributed by atoms with Gasteiger partial charge in [-0.25, -0.2) is 9.59 Å². The van der Waals surface area contributed by atoms with E-state index in [0.717, 1.165) is 5.56 Å². The third-order valence-electron chi connectivity index (χ3n) is 6.95. The molecule has 0 radical (unpaired) electrons. The van der Waals surface area contributed by atoms with Crippen LogP contribution in [-0.4, -0.2) is 97.4 Å². The van der Waals surface area contributed by atoms with Crippen molar-refractivity contribution in [2.24, 2.45) is 0 Å². The molecule has 2 atom stereocenters. The summed E-state index contributed by atoms with van der Waals surface area (Å²) in [5.41, 5.74) is 2.00. The summed E-state index contributed by atoms with van der Waals surface area (Å²) in [7, 11) is 7.27. The Morgan fingerprint density at radius 3 is 2.19 bits per heavy atom. The standard InChI is InChI=1S/C32H40N4O7/c1-22-28(31(38)42-18-11-14-24-12-8-7-9-13-24)30(25-15-10-16-26(20-25)36(40)41)29(32(39)43-19-17-33(3)4)23(2)35(22)27(37)21-34(5)6/h7-16,20,27,30,37H,17-19,21H2,1-6H3/b14-11+. The second-order valence-electron chi connectivity index (χ2n) is 10.7. The number of hydrogen-bond acceptors (Lipinski definition) is 10. The Hall–Kier alpha value is -4.32. The van der Waals surface area contributed by atoms with Crippen molar-refractivity contribution in [3.8, 4) is 0 Å². The van der Waals surface area contributed by atoms with E-state index in [4.69, 9.17) is 9.47 Å². The molecule has 0 fully saturated rings. The number of rotatable bonds is 13. The molecule has 2 aromatic carbocycles. The number of aliphatic hydroxyl groups excluding tert-OH is 1. The number of carbonyl (C=O) groups is 2. The maximum atomic E-state index is 13.8. The number of hydrogen-bond donors (Lipinski definition) is 1. The molecular formula is C32H40N4O7. The highest BCUT2D eigenvalue weighted by atomic mass is 16.6. The summed E-state index contributed by atoms with van der Waals surface area (Å²) >= 11 is 0. The van der Waals surface area contributed by atoms with Gasteiger partial charge >= 0.3 is 11.9 Å². The second-order valence-corrected chi connectivity index (χ2v) is 10.7. The Morgan fingerprint density at radius 1 is 0.977 bits per heavy atom. The number of ether oxygens (including phenoxy) is 2. The fourth-order valence-electron chi connectivity index (χ4n) is 4.96. The molecule has 2 aromatic rings. The number of esters is 2. The molecular weight excluding hydrogens is 552 g/mol. The van der Waals surface area contributed by atoms with E-state index in [1.807, 2.05) is 55.4 Å². The number of aliphatic hydroxyl groups is 1. The average molecular weight is 593 g/mol. The van der Waals surface area contributed by atoms with Gasteiger partial charge in [0.1, 0.15) is 19.4 Å². The normalized spacial score (nSPS) is 16.3. The summed E-state index contributed by atoms with van der Waals surface area (Å²) in [5.74, 6) is -2.46. The van der Waals surface area contributed by atoms with Gasteiger partial charge in [0.15, 0.2) is 0 Å². The molecule has 0 aliphatic carbocycles. The molecule has 11 nitrogen and oxygen atoms in total. The Kier molecular flexibility index (Phi) is 11.8. The van der Waals surface area contributed by atoms with E-state index < -0.39 is 29.0 Å². The quantitative estimate of drug-likeness (QED) is 0.209. The first-order chi connectivity index (χ1) is 20.4. The minimum Gasteiger partial charge on any atom is -0.461 e. The smallest absolute Gasteiger partial charge is 0.337 e. The van der Waals surface area contributed by atoms with Crippen LogP contribution in [0.3, 0.4) is 0 Å². The fraction of sp³-hybridized carbons (Fsp3) is 0.375. The van der Waals surface area contributed by atoms with Gasteiger partial charge in [-0.15, -0.1) is 0 Å². The third-order valence-corrected chi connectivity index (χ3v) is 6.95. The van der Waals surface area contributed by atoms with Crippen molar-refractivity contribution in [3.63, 3.8) is 0 Å². The second kappa shape index (κ2) is 15.2. The number of nitrogens with zero attached hydrogens (tertiary/aromatic N) is 4. The van der Waals surface area contributed by atoms with E-state index in [1.54, 1.807) is 45.0 Å². The van der Waals surface area contributed by atoms with Crippen LogP contribution in [0.15, 0.2) is 83.2 Å². The third kappa shape index (κ3) is 8.60. The van der Waals surface area contributed by atoms with Crippen molar-refractivity contribution in [2.75, 3.05) is 54.5 Å². The van der Waals surface area contributed by atoms with Gasteiger partial charge in [-0.05, 0) is 59.2 Å². The van der Waals surface area contributed by atoms with Gasteiger partial charge in [-0.1, -0.05) is 48.5 Å². The zero-order valence-corrected chi connectivity index (χ0v) is 25.5. The summed E-state index contributed by atoms with van der Waals surface area (Å²) in [6, 6.07) is 15.3. The van der Waals surface area contributed by atoms with Gasteiger partial charge < -0.3 is 29.3 Å². The van der Waals surface area contributed by atoms with Crippen LogP contribution in [0.1, 0.15) is 30.9 Å². The van der Waals surface area contributed by atoms with Crippen LogP contribution < -0.4 is 0 Å². The van der Waals surface area contributed by atoms with Gasteiger partial charge in [-0.2, -0.15) is 0 Å². The molecule has 0 saturated carbocycles. The molecule has 0 amide bonds. The highest BCUT2D eigenvalue weighted by Crippen LogP contribution is 2.44. The van der Waals surface area contributed by atoms with Crippen molar-refractivity contribution in [1.82, 2.24) is 14.7 Å². The van der Waals surface area contributed by atoms with E-state index >= 15 is 0 Å². The Balaban J connectivity index is 2.13.